The van der Waals surface area contributed by atoms with E-state index < -0.39 is 5.97 Å². The minimum absolute atomic E-state index is 0.0562. The second-order valence-corrected chi connectivity index (χ2v) is 5.92. The summed E-state index contributed by atoms with van der Waals surface area (Å²) in [6, 6.07) is 6.27. The molecule has 1 fully saturated rings. The summed E-state index contributed by atoms with van der Waals surface area (Å²) in [6.07, 6.45) is 2.18. The maximum absolute atomic E-state index is 12.4. The quantitative estimate of drug-likeness (QED) is 0.919. The Morgan fingerprint density at radius 3 is 2.70 bits per heavy atom. The van der Waals surface area contributed by atoms with Gasteiger partial charge in [-0.3, -0.25) is 4.79 Å². The third-order valence-electron chi connectivity index (χ3n) is 3.73. The zero-order valence-electron chi connectivity index (χ0n) is 12.0. The van der Waals surface area contributed by atoms with Crippen LogP contribution in [-0.4, -0.2) is 35.0 Å². The maximum Gasteiger partial charge on any atom is 0.335 e. The number of hydrogen-bond donors (Lipinski definition) is 1. The predicted molar refractivity (Wildman–Crippen MR) is 76.9 cm³/mol. The topological polar surface area (TPSA) is 57.6 Å². The van der Waals surface area contributed by atoms with E-state index in [-0.39, 0.29) is 11.5 Å². The van der Waals surface area contributed by atoms with Crippen LogP contribution < -0.4 is 0 Å². The van der Waals surface area contributed by atoms with Gasteiger partial charge >= 0.3 is 5.97 Å². The van der Waals surface area contributed by atoms with Crippen LogP contribution in [0, 0.1) is 11.8 Å². The van der Waals surface area contributed by atoms with Gasteiger partial charge in [-0.1, -0.05) is 19.9 Å². The van der Waals surface area contributed by atoms with Gasteiger partial charge in [-0.2, -0.15) is 0 Å². The van der Waals surface area contributed by atoms with Crippen molar-refractivity contribution in [3.8, 4) is 0 Å². The second kappa shape index (κ2) is 6.07. The third kappa shape index (κ3) is 3.38. The molecule has 0 aromatic heterocycles. The number of aromatic carboxylic acids is 1. The highest BCUT2D eigenvalue weighted by Crippen LogP contribution is 2.24. The van der Waals surface area contributed by atoms with E-state index in [1.165, 1.54) is 12.1 Å². The van der Waals surface area contributed by atoms with Crippen molar-refractivity contribution in [3.05, 3.63) is 35.4 Å². The van der Waals surface area contributed by atoms with Crippen molar-refractivity contribution in [2.24, 2.45) is 11.8 Å². The lowest BCUT2D eigenvalue weighted by atomic mass is 9.97. The number of likely N-dealkylation sites (tertiary alicyclic amines) is 1. The summed E-state index contributed by atoms with van der Waals surface area (Å²) in [5, 5.41) is 8.97. The SMILES string of the molecule is CC(C)CC1CCN(C(=O)c2cccc(C(=O)O)c2)C1. The molecule has 4 heteroatoms. The van der Waals surface area contributed by atoms with Gasteiger partial charge in [0.05, 0.1) is 5.56 Å². The highest BCUT2D eigenvalue weighted by molar-refractivity contribution is 5.97. The van der Waals surface area contributed by atoms with Crippen LogP contribution in [0.5, 0.6) is 0 Å². The van der Waals surface area contributed by atoms with Gasteiger partial charge in [-0.15, -0.1) is 0 Å². The van der Waals surface area contributed by atoms with Crippen LogP contribution in [0.1, 0.15) is 47.4 Å². The van der Waals surface area contributed by atoms with Gasteiger partial charge < -0.3 is 10.0 Å². The van der Waals surface area contributed by atoms with E-state index in [1.807, 2.05) is 4.90 Å². The fourth-order valence-electron chi connectivity index (χ4n) is 2.84. The van der Waals surface area contributed by atoms with Crippen molar-refractivity contribution in [1.82, 2.24) is 4.90 Å². The Kier molecular flexibility index (Phi) is 4.42. The zero-order valence-corrected chi connectivity index (χ0v) is 12.0. The van der Waals surface area contributed by atoms with Crippen molar-refractivity contribution >= 4 is 11.9 Å². The summed E-state index contributed by atoms with van der Waals surface area (Å²) in [5.41, 5.74) is 0.629. The predicted octanol–water partition coefficient (Wildman–Crippen LogP) is 2.89. The van der Waals surface area contributed by atoms with Crippen LogP contribution >= 0.6 is 0 Å². The molecule has 1 unspecified atom stereocenters. The number of carbonyl (C=O) groups excluding carboxylic acids is 1. The highest BCUT2D eigenvalue weighted by atomic mass is 16.4. The highest BCUT2D eigenvalue weighted by Gasteiger charge is 2.27. The Morgan fingerprint density at radius 2 is 2.05 bits per heavy atom. The Bertz CT molecular complexity index is 510. The van der Waals surface area contributed by atoms with Crippen molar-refractivity contribution in [2.45, 2.75) is 26.7 Å². The van der Waals surface area contributed by atoms with E-state index in [1.54, 1.807) is 12.1 Å². The van der Waals surface area contributed by atoms with Crippen LogP contribution in [0.15, 0.2) is 24.3 Å². The van der Waals surface area contributed by atoms with Crippen LogP contribution in [0.2, 0.25) is 0 Å². The fraction of sp³-hybridized carbons (Fsp3) is 0.500. The third-order valence-corrected chi connectivity index (χ3v) is 3.73. The van der Waals surface area contributed by atoms with Crippen LogP contribution in [0.25, 0.3) is 0 Å². The van der Waals surface area contributed by atoms with Crippen LogP contribution in [0.3, 0.4) is 0 Å². The molecule has 1 heterocycles. The van der Waals surface area contributed by atoms with Crippen LogP contribution in [-0.2, 0) is 0 Å². The number of carboxylic acid groups (broad SMARTS) is 1. The summed E-state index contributed by atoms with van der Waals surface area (Å²) in [6.45, 7) is 5.95. The average molecular weight is 275 g/mol. The zero-order chi connectivity index (χ0) is 14.7. The van der Waals surface area contributed by atoms with E-state index in [2.05, 4.69) is 13.8 Å². The minimum atomic E-state index is -1.00. The monoisotopic (exact) mass is 275 g/mol. The molecular formula is C16H21NO3. The average Bonchev–Trinajstić information content (AvgIpc) is 2.85. The molecule has 20 heavy (non-hydrogen) atoms. The van der Waals surface area contributed by atoms with Gasteiger partial charge in [0.25, 0.3) is 5.91 Å². The Labute approximate surface area is 119 Å². The number of carbonyl (C=O) groups is 2. The van der Waals surface area contributed by atoms with Crippen molar-refractivity contribution in [3.63, 3.8) is 0 Å². The summed E-state index contributed by atoms with van der Waals surface area (Å²) >= 11 is 0. The Balaban J connectivity index is 2.05. The van der Waals surface area contributed by atoms with E-state index >= 15 is 0 Å². The van der Waals surface area contributed by atoms with Gasteiger partial charge in [0, 0.05) is 18.7 Å². The summed E-state index contributed by atoms with van der Waals surface area (Å²) in [4.78, 5) is 25.2. The molecule has 0 aliphatic carbocycles. The molecule has 1 atom stereocenters. The van der Waals surface area contributed by atoms with E-state index in [0.29, 0.717) is 17.4 Å². The minimum Gasteiger partial charge on any atom is -0.478 e. The number of benzene rings is 1. The van der Waals surface area contributed by atoms with Gasteiger partial charge in [0.1, 0.15) is 0 Å². The lowest BCUT2D eigenvalue weighted by Gasteiger charge is -2.17. The Morgan fingerprint density at radius 1 is 1.35 bits per heavy atom. The molecule has 2 rings (SSSR count). The molecule has 0 bridgehead atoms. The van der Waals surface area contributed by atoms with Crippen molar-refractivity contribution in [2.75, 3.05) is 13.1 Å². The standard InChI is InChI=1S/C16H21NO3/c1-11(2)8-12-6-7-17(10-12)15(18)13-4-3-5-14(9-13)16(19)20/h3-5,9,11-12H,6-8,10H2,1-2H3,(H,19,20). The normalized spacial score (nSPS) is 18.6. The molecule has 1 aliphatic rings. The molecule has 108 valence electrons. The van der Waals surface area contributed by atoms with Gasteiger partial charge in [-0.25, -0.2) is 4.79 Å². The molecule has 1 aromatic carbocycles. The molecule has 0 spiro atoms. The molecule has 1 N–H and O–H groups in total. The molecule has 1 aliphatic heterocycles. The first-order valence-electron chi connectivity index (χ1n) is 7.10. The lowest BCUT2D eigenvalue weighted by Crippen LogP contribution is -2.29. The largest absolute Gasteiger partial charge is 0.478 e. The molecule has 0 saturated carbocycles. The Hall–Kier alpha value is -1.84. The first-order chi connectivity index (χ1) is 9.47. The molecule has 4 nitrogen and oxygen atoms in total. The second-order valence-electron chi connectivity index (χ2n) is 5.92. The number of rotatable bonds is 4. The van der Waals surface area contributed by atoms with E-state index in [9.17, 15) is 9.59 Å². The number of carboxylic acids is 1. The van der Waals surface area contributed by atoms with Gasteiger partial charge in [-0.05, 0) is 42.9 Å². The van der Waals surface area contributed by atoms with E-state index in [4.69, 9.17) is 5.11 Å². The smallest absolute Gasteiger partial charge is 0.335 e. The lowest BCUT2D eigenvalue weighted by molar-refractivity contribution is 0.0697. The molecule has 1 aromatic rings. The molecule has 1 saturated heterocycles. The van der Waals surface area contributed by atoms with Crippen molar-refractivity contribution < 1.29 is 14.7 Å². The molecular weight excluding hydrogens is 254 g/mol. The van der Waals surface area contributed by atoms with Gasteiger partial charge in [0.15, 0.2) is 0 Å². The summed E-state index contributed by atoms with van der Waals surface area (Å²) < 4.78 is 0. The molecule has 1 amide bonds. The number of hydrogen-bond acceptors (Lipinski definition) is 2. The maximum atomic E-state index is 12.4. The summed E-state index contributed by atoms with van der Waals surface area (Å²) in [5.74, 6) is 0.158. The number of amides is 1. The first kappa shape index (κ1) is 14.6. The van der Waals surface area contributed by atoms with Crippen molar-refractivity contribution in [1.29, 1.82) is 0 Å². The fourth-order valence-corrected chi connectivity index (χ4v) is 2.84. The van der Waals surface area contributed by atoms with Gasteiger partial charge in [0.2, 0.25) is 0 Å². The number of nitrogens with zero attached hydrogens (tertiary/aromatic N) is 1. The van der Waals surface area contributed by atoms with E-state index in [0.717, 1.165) is 25.9 Å². The molecule has 0 radical (unpaired) electrons. The summed E-state index contributed by atoms with van der Waals surface area (Å²) in [7, 11) is 0. The van der Waals surface area contributed by atoms with Crippen LogP contribution in [0.4, 0.5) is 0 Å². The first-order valence-corrected chi connectivity index (χ1v) is 7.10.